The average molecular weight is 405 g/mol. The number of ether oxygens (including phenoxy) is 5. The van der Waals surface area contributed by atoms with Gasteiger partial charge in [-0.3, -0.25) is 0 Å². The summed E-state index contributed by atoms with van der Waals surface area (Å²) >= 11 is 0. The molecule has 0 spiro atoms. The van der Waals surface area contributed by atoms with Crippen LogP contribution in [0.4, 0.5) is 0 Å². The number of unbranched alkanes of at least 4 members (excludes halogenated alkanes) is 1. The van der Waals surface area contributed by atoms with E-state index in [1.54, 1.807) is 7.11 Å². The third-order valence-corrected chi connectivity index (χ3v) is 5.16. The van der Waals surface area contributed by atoms with Crippen LogP contribution in [0.25, 0.3) is 0 Å². The molecule has 1 N–H and O–H groups in total. The normalized spacial score (nSPS) is 25.7. The Hall–Kier alpha value is -1.62. The topological polar surface area (TPSA) is 66.4 Å². The lowest BCUT2D eigenvalue weighted by atomic mass is 10.0. The van der Waals surface area contributed by atoms with Gasteiger partial charge in [-0.05, 0) is 30.5 Å². The van der Waals surface area contributed by atoms with Gasteiger partial charge >= 0.3 is 0 Å². The first-order chi connectivity index (χ1) is 14.2. The molecular weight excluding hydrogens is 372 g/mol. The Morgan fingerprint density at radius 2 is 1.97 bits per heavy atom. The molecule has 2 aliphatic rings. The van der Waals surface area contributed by atoms with Crippen LogP contribution in [0, 0.1) is 11.8 Å². The lowest BCUT2D eigenvalue weighted by Crippen LogP contribution is -2.43. The third-order valence-electron chi connectivity index (χ3n) is 5.16. The van der Waals surface area contributed by atoms with Crippen molar-refractivity contribution in [2.24, 2.45) is 0 Å². The first-order valence-electron chi connectivity index (χ1n) is 10.5. The molecule has 2 saturated heterocycles. The van der Waals surface area contributed by atoms with Gasteiger partial charge in [0.15, 0.2) is 0 Å². The first-order valence-corrected chi connectivity index (χ1v) is 10.5. The quantitative estimate of drug-likeness (QED) is 0.530. The van der Waals surface area contributed by atoms with Crippen LogP contribution in [0.5, 0.6) is 5.75 Å². The largest absolute Gasteiger partial charge is 0.497 e. The van der Waals surface area contributed by atoms with Crippen molar-refractivity contribution in [1.82, 2.24) is 0 Å². The van der Waals surface area contributed by atoms with Gasteiger partial charge in [0.1, 0.15) is 11.9 Å². The summed E-state index contributed by atoms with van der Waals surface area (Å²) in [6, 6.07) is 7.70. The summed E-state index contributed by atoms with van der Waals surface area (Å²) in [5, 5.41) is 10.2. The fourth-order valence-electron chi connectivity index (χ4n) is 3.69. The highest BCUT2D eigenvalue weighted by atomic mass is 16.6. The van der Waals surface area contributed by atoms with Crippen molar-refractivity contribution in [3.8, 4) is 17.6 Å². The van der Waals surface area contributed by atoms with E-state index in [0.29, 0.717) is 39.5 Å². The molecule has 0 bridgehead atoms. The zero-order valence-corrected chi connectivity index (χ0v) is 17.2. The SMILES string of the molecule is COc1cccc(CC(O)C#CCCCC2OCCOC2CC2COCCO2)c1. The number of rotatable bonds is 8. The molecule has 3 rings (SSSR count). The van der Waals surface area contributed by atoms with Gasteiger partial charge in [0, 0.05) is 19.3 Å². The summed E-state index contributed by atoms with van der Waals surface area (Å²) in [6.45, 7) is 3.21. The number of hydrogen-bond acceptors (Lipinski definition) is 6. The van der Waals surface area contributed by atoms with Gasteiger partial charge in [-0.2, -0.15) is 0 Å². The molecule has 1 aromatic carbocycles. The van der Waals surface area contributed by atoms with Crippen LogP contribution in [0.3, 0.4) is 0 Å². The number of aliphatic hydroxyl groups excluding tert-OH is 1. The van der Waals surface area contributed by atoms with Crippen molar-refractivity contribution in [2.75, 3.05) is 40.1 Å². The predicted molar refractivity (Wildman–Crippen MR) is 109 cm³/mol. The van der Waals surface area contributed by atoms with Gasteiger partial charge in [0.25, 0.3) is 0 Å². The van der Waals surface area contributed by atoms with Gasteiger partial charge in [0.05, 0.1) is 58.5 Å². The van der Waals surface area contributed by atoms with Gasteiger partial charge in [-0.1, -0.05) is 18.1 Å². The molecule has 29 heavy (non-hydrogen) atoms. The minimum absolute atomic E-state index is 0.0436. The van der Waals surface area contributed by atoms with Crippen molar-refractivity contribution in [2.45, 2.75) is 56.5 Å². The predicted octanol–water partition coefficient (Wildman–Crippen LogP) is 2.36. The van der Waals surface area contributed by atoms with Crippen molar-refractivity contribution in [3.63, 3.8) is 0 Å². The van der Waals surface area contributed by atoms with E-state index in [9.17, 15) is 5.11 Å². The minimum atomic E-state index is -0.674. The minimum Gasteiger partial charge on any atom is -0.497 e. The Kier molecular flexibility index (Phi) is 9.26. The summed E-state index contributed by atoms with van der Waals surface area (Å²) in [6.07, 6.45) is 3.34. The maximum Gasteiger partial charge on any atom is 0.119 e. The van der Waals surface area contributed by atoms with Gasteiger partial charge in [-0.15, -0.1) is 5.92 Å². The second-order valence-corrected chi connectivity index (χ2v) is 7.41. The Morgan fingerprint density at radius 3 is 2.76 bits per heavy atom. The van der Waals surface area contributed by atoms with Crippen molar-refractivity contribution in [1.29, 1.82) is 0 Å². The van der Waals surface area contributed by atoms with E-state index in [1.165, 1.54) is 0 Å². The van der Waals surface area contributed by atoms with Gasteiger partial charge in [0.2, 0.25) is 0 Å². The molecule has 4 unspecified atom stereocenters. The molecule has 0 aromatic heterocycles. The molecule has 160 valence electrons. The van der Waals surface area contributed by atoms with E-state index in [4.69, 9.17) is 23.7 Å². The molecule has 4 atom stereocenters. The summed E-state index contributed by atoms with van der Waals surface area (Å²) in [4.78, 5) is 0. The Bertz CT molecular complexity index is 661. The number of methoxy groups -OCH3 is 1. The van der Waals surface area contributed by atoms with Gasteiger partial charge in [-0.25, -0.2) is 0 Å². The summed E-state index contributed by atoms with van der Waals surface area (Å²) in [5.41, 5.74) is 1.01. The smallest absolute Gasteiger partial charge is 0.119 e. The highest BCUT2D eigenvalue weighted by Gasteiger charge is 2.30. The van der Waals surface area contributed by atoms with Crippen LogP contribution in [0.2, 0.25) is 0 Å². The van der Waals surface area contributed by atoms with Crippen molar-refractivity contribution in [3.05, 3.63) is 29.8 Å². The highest BCUT2D eigenvalue weighted by molar-refractivity contribution is 5.29. The Morgan fingerprint density at radius 1 is 1.14 bits per heavy atom. The molecule has 2 fully saturated rings. The molecule has 0 saturated carbocycles. The summed E-state index contributed by atoms with van der Waals surface area (Å²) in [7, 11) is 1.64. The zero-order chi connectivity index (χ0) is 20.3. The van der Waals surface area contributed by atoms with E-state index in [2.05, 4.69) is 11.8 Å². The first kappa shape index (κ1) is 22.1. The molecular formula is C23H32O6. The molecule has 2 aliphatic heterocycles. The van der Waals surface area contributed by atoms with Crippen LogP contribution in [-0.2, 0) is 25.4 Å². The van der Waals surface area contributed by atoms with Crippen LogP contribution < -0.4 is 4.74 Å². The average Bonchev–Trinajstić information content (AvgIpc) is 2.75. The maximum absolute atomic E-state index is 10.2. The molecule has 0 radical (unpaired) electrons. The maximum atomic E-state index is 10.2. The van der Waals surface area contributed by atoms with E-state index < -0.39 is 6.10 Å². The van der Waals surface area contributed by atoms with Gasteiger partial charge < -0.3 is 28.8 Å². The third kappa shape index (κ3) is 7.61. The van der Waals surface area contributed by atoms with E-state index in [-0.39, 0.29) is 18.3 Å². The van der Waals surface area contributed by atoms with Crippen LogP contribution in [-0.4, -0.2) is 69.7 Å². The molecule has 6 heteroatoms. The number of benzene rings is 1. The Labute approximate surface area is 173 Å². The van der Waals surface area contributed by atoms with Crippen LogP contribution >= 0.6 is 0 Å². The highest BCUT2D eigenvalue weighted by Crippen LogP contribution is 2.22. The van der Waals surface area contributed by atoms with E-state index in [0.717, 1.165) is 37.0 Å². The molecule has 6 nitrogen and oxygen atoms in total. The van der Waals surface area contributed by atoms with E-state index in [1.807, 2.05) is 24.3 Å². The standard InChI is InChI=1S/C23H32O6/c1-25-20-8-5-6-18(15-20)14-19(24)7-3-2-4-9-22-23(29-13-12-28-22)16-21-17-26-10-11-27-21/h5-6,8,15,19,21-24H,2,4,9-14,16-17H2,1H3. The van der Waals surface area contributed by atoms with E-state index >= 15 is 0 Å². The molecule has 2 heterocycles. The van der Waals surface area contributed by atoms with Crippen LogP contribution in [0.15, 0.2) is 24.3 Å². The zero-order valence-electron chi connectivity index (χ0n) is 17.2. The van der Waals surface area contributed by atoms with Crippen molar-refractivity contribution < 1.29 is 28.8 Å². The fourth-order valence-corrected chi connectivity index (χ4v) is 3.69. The second-order valence-electron chi connectivity index (χ2n) is 7.41. The second kappa shape index (κ2) is 12.2. The lowest BCUT2D eigenvalue weighted by Gasteiger charge is -2.35. The molecule has 0 aliphatic carbocycles. The molecule has 1 aromatic rings. The summed E-state index contributed by atoms with van der Waals surface area (Å²) in [5.74, 6) is 6.83. The van der Waals surface area contributed by atoms with Crippen molar-refractivity contribution >= 4 is 0 Å². The molecule has 0 amide bonds. The Balaban J connectivity index is 1.38. The fraction of sp³-hybridized carbons (Fsp3) is 0.652. The van der Waals surface area contributed by atoms with Crippen LogP contribution in [0.1, 0.15) is 31.2 Å². The monoisotopic (exact) mass is 404 g/mol. The number of hydrogen-bond donors (Lipinski definition) is 1. The summed E-state index contributed by atoms with van der Waals surface area (Å²) < 4.78 is 28.3. The number of aliphatic hydroxyl groups is 1. The lowest BCUT2D eigenvalue weighted by molar-refractivity contribution is -0.169.